The first kappa shape index (κ1) is 6.45. The van der Waals surface area contributed by atoms with E-state index in [1.165, 1.54) is 6.42 Å². The first-order chi connectivity index (χ1) is 5.66. The van der Waals surface area contributed by atoms with Crippen molar-refractivity contribution in [3.8, 4) is 0 Å². The second kappa shape index (κ2) is 8.74. The Kier molecular flexibility index (Phi) is 5.64. The summed E-state index contributed by atoms with van der Waals surface area (Å²) in [7, 11) is 0. The summed E-state index contributed by atoms with van der Waals surface area (Å²) in [6.45, 7) is 3.98. The maximum atomic E-state index is 7.61. The Morgan fingerprint density at radius 3 is 2.60 bits per heavy atom. The first-order valence-electron chi connectivity index (χ1n) is 5.33. The van der Waals surface area contributed by atoms with Crippen molar-refractivity contribution in [3.05, 3.63) is 12.2 Å². The van der Waals surface area contributed by atoms with Crippen molar-refractivity contribution in [2.75, 3.05) is 0 Å². The van der Waals surface area contributed by atoms with Gasteiger partial charge in [0.25, 0.3) is 0 Å². The summed E-state index contributed by atoms with van der Waals surface area (Å²) >= 11 is 0. The predicted molar refractivity (Wildman–Crippen MR) is 48.2 cm³/mol. The van der Waals surface area contributed by atoms with Gasteiger partial charge in [-0.05, 0) is 19.2 Å². The molecule has 0 fully saturated rings. The molecule has 0 radical (unpaired) electrons. The number of unbranched alkanes of at least 4 members (excludes halogenated alkanes) is 1. The van der Waals surface area contributed by atoms with E-state index in [9.17, 15) is 0 Å². The maximum absolute atomic E-state index is 7.61. The number of allylic oxidation sites excluding steroid dienone is 2. The van der Waals surface area contributed by atoms with Crippen molar-refractivity contribution in [1.29, 1.82) is 0 Å². The van der Waals surface area contributed by atoms with E-state index in [4.69, 9.17) is 2.74 Å². The third kappa shape index (κ3) is 7.74. The van der Waals surface area contributed by atoms with Crippen LogP contribution in [0.3, 0.4) is 0 Å². The number of hydrogen-bond acceptors (Lipinski definition) is 0. The Bertz CT molecular complexity index is 119. The summed E-state index contributed by atoms with van der Waals surface area (Å²) in [5.41, 5.74) is 0. The fourth-order valence-corrected chi connectivity index (χ4v) is 0.777. The van der Waals surface area contributed by atoms with E-state index in [-0.39, 0.29) is 12.8 Å². The summed E-state index contributed by atoms with van der Waals surface area (Å²) in [5, 5.41) is 0. The molecule has 0 heterocycles. The van der Waals surface area contributed by atoms with Crippen LogP contribution in [0.15, 0.2) is 12.2 Å². The largest absolute Gasteiger partial charge is 0.0888 e. The minimum Gasteiger partial charge on any atom is -0.0888 e. The molecule has 0 aromatic carbocycles. The van der Waals surface area contributed by atoms with E-state index >= 15 is 0 Å². The molecule has 0 aliphatic heterocycles. The highest BCUT2D eigenvalue weighted by Gasteiger charge is 1.82. The van der Waals surface area contributed by atoms with Gasteiger partial charge in [-0.15, -0.1) is 0 Å². The maximum Gasteiger partial charge on any atom is 0.0307 e. The van der Waals surface area contributed by atoms with Gasteiger partial charge < -0.3 is 0 Å². The highest BCUT2D eigenvalue weighted by molar-refractivity contribution is 4.79. The van der Waals surface area contributed by atoms with Crippen LogP contribution in [-0.4, -0.2) is 0 Å². The van der Waals surface area contributed by atoms with Crippen LogP contribution >= 0.6 is 0 Å². The molecule has 0 saturated carbocycles. The topological polar surface area (TPSA) is 0 Å². The molecule has 0 heteroatoms. The lowest BCUT2D eigenvalue weighted by Crippen LogP contribution is -1.73. The van der Waals surface area contributed by atoms with Crippen molar-refractivity contribution in [1.82, 2.24) is 0 Å². The van der Waals surface area contributed by atoms with E-state index in [1.54, 1.807) is 0 Å². The quantitative estimate of drug-likeness (QED) is 0.493. The van der Waals surface area contributed by atoms with Gasteiger partial charge in [-0.1, -0.05) is 45.3 Å². The number of rotatable bonds is 6. The zero-order valence-electron chi connectivity index (χ0n) is 9.14. The van der Waals surface area contributed by atoms with Crippen LogP contribution in [-0.2, 0) is 0 Å². The molecule has 0 saturated heterocycles. The molecule has 0 nitrogen and oxygen atoms in total. The zero-order chi connectivity index (χ0) is 9.40. The molecular formula is C10H20. The Morgan fingerprint density at radius 2 is 2.00 bits per heavy atom. The third-order valence-electron chi connectivity index (χ3n) is 1.39. The Labute approximate surface area is 68.1 Å². The molecule has 0 aromatic heterocycles. The molecule has 0 aliphatic carbocycles. The van der Waals surface area contributed by atoms with Gasteiger partial charge >= 0.3 is 0 Å². The van der Waals surface area contributed by atoms with Gasteiger partial charge in [0.1, 0.15) is 0 Å². The van der Waals surface area contributed by atoms with E-state index in [2.05, 4.69) is 6.92 Å². The fourth-order valence-electron chi connectivity index (χ4n) is 0.777. The minimum atomic E-state index is -0.122. The van der Waals surface area contributed by atoms with Gasteiger partial charge in [0.05, 0.1) is 0 Å². The molecule has 0 amide bonds. The average Bonchev–Trinajstić information content (AvgIpc) is 2.00. The average molecular weight is 142 g/mol. The SMILES string of the molecule is [2H]C(C)C=CCC([2H])CCCC. The van der Waals surface area contributed by atoms with Crippen LogP contribution in [0.2, 0.25) is 0 Å². The van der Waals surface area contributed by atoms with Crippen LogP contribution in [0.4, 0.5) is 0 Å². The van der Waals surface area contributed by atoms with E-state index in [1.807, 2.05) is 19.1 Å². The molecule has 60 valence electrons. The lowest BCUT2D eigenvalue weighted by Gasteiger charge is -1.92. The molecular weight excluding hydrogens is 120 g/mol. The lowest BCUT2D eigenvalue weighted by molar-refractivity contribution is 0.674. The van der Waals surface area contributed by atoms with Gasteiger partial charge in [0, 0.05) is 2.74 Å². The molecule has 0 N–H and O–H groups in total. The van der Waals surface area contributed by atoms with E-state index in [0.717, 1.165) is 19.3 Å². The molecule has 10 heavy (non-hydrogen) atoms. The van der Waals surface area contributed by atoms with Crippen molar-refractivity contribution in [3.63, 3.8) is 0 Å². The van der Waals surface area contributed by atoms with Crippen LogP contribution < -0.4 is 0 Å². The zero-order valence-corrected chi connectivity index (χ0v) is 7.14. The third-order valence-corrected chi connectivity index (χ3v) is 1.39. The Morgan fingerprint density at radius 1 is 1.20 bits per heavy atom. The van der Waals surface area contributed by atoms with E-state index < -0.39 is 0 Å². The van der Waals surface area contributed by atoms with Crippen molar-refractivity contribution < 1.29 is 2.74 Å². The highest BCUT2D eigenvalue weighted by Crippen LogP contribution is 2.02. The number of hydrogen-bond donors (Lipinski definition) is 0. The predicted octanol–water partition coefficient (Wildman–Crippen LogP) is 3.92. The summed E-state index contributed by atoms with van der Waals surface area (Å²) in [6.07, 6.45) is 7.87. The van der Waals surface area contributed by atoms with Gasteiger partial charge in [-0.25, -0.2) is 0 Å². The van der Waals surface area contributed by atoms with Crippen LogP contribution in [0.25, 0.3) is 0 Å². The van der Waals surface area contributed by atoms with Gasteiger partial charge in [-0.3, -0.25) is 0 Å². The lowest BCUT2D eigenvalue weighted by atomic mass is 10.1. The molecule has 0 spiro atoms. The van der Waals surface area contributed by atoms with Crippen molar-refractivity contribution in [2.24, 2.45) is 0 Å². The minimum absolute atomic E-state index is 0.0416. The Hall–Kier alpha value is -0.260. The molecule has 0 aromatic rings. The summed E-state index contributed by atoms with van der Waals surface area (Å²) < 4.78 is 14.8. The second-order valence-corrected chi connectivity index (χ2v) is 2.43. The molecule has 0 aliphatic rings. The molecule has 2 atom stereocenters. The smallest absolute Gasteiger partial charge is 0.0307 e. The summed E-state index contributed by atoms with van der Waals surface area (Å²) in [5.74, 6) is 0. The van der Waals surface area contributed by atoms with Crippen LogP contribution in [0.5, 0.6) is 0 Å². The molecule has 0 bridgehead atoms. The monoisotopic (exact) mass is 142 g/mol. The summed E-state index contributed by atoms with van der Waals surface area (Å²) in [6, 6.07) is 0. The molecule has 2 unspecified atom stereocenters. The van der Waals surface area contributed by atoms with Crippen molar-refractivity contribution in [2.45, 2.75) is 52.3 Å². The van der Waals surface area contributed by atoms with Gasteiger partial charge in [0.15, 0.2) is 0 Å². The second-order valence-electron chi connectivity index (χ2n) is 2.43. The normalized spacial score (nSPS) is 20.2. The first-order valence-corrected chi connectivity index (χ1v) is 4.18. The summed E-state index contributed by atoms with van der Waals surface area (Å²) in [4.78, 5) is 0. The molecule has 0 rings (SSSR count). The van der Waals surface area contributed by atoms with Crippen LogP contribution in [0, 0.1) is 0 Å². The van der Waals surface area contributed by atoms with Gasteiger partial charge in [0.2, 0.25) is 0 Å². The van der Waals surface area contributed by atoms with Crippen LogP contribution in [0.1, 0.15) is 55.1 Å². The fraction of sp³-hybridized carbons (Fsp3) is 0.800. The highest BCUT2D eigenvalue weighted by atomic mass is 13.9. The van der Waals surface area contributed by atoms with E-state index in [0.29, 0.717) is 0 Å². The van der Waals surface area contributed by atoms with Crippen molar-refractivity contribution >= 4 is 0 Å². The van der Waals surface area contributed by atoms with Gasteiger partial charge in [-0.2, -0.15) is 0 Å². The Balaban J connectivity index is 3.36. The standard InChI is InChI=1S/C10H20/c1-3-5-7-9-10-8-6-4-2/h5,7H,3-4,6,8-10H2,1-2H3/i3D,10D.